The number of likely N-dealkylation sites (tertiary alicyclic amines) is 1. The van der Waals surface area contributed by atoms with Gasteiger partial charge in [0.1, 0.15) is 5.82 Å². The highest BCUT2D eigenvalue weighted by Gasteiger charge is 2.33. The molecule has 2 fully saturated rings. The van der Waals surface area contributed by atoms with E-state index in [2.05, 4.69) is 32.9 Å². The smallest absolute Gasteiger partial charge is 0.122 e. The zero-order chi connectivity index (χ0) is 13.1. The molecule has 3 rings (SSSR count). The zero-order valence-electron chi connectivity index (χ0n) is 12.0. The Kier molecular flexibility index (Phi) is 4.18. The Morgan fingerprint density at radius 3 is 3.05 bits per heavy atom. The van der Waals surface area contributed by atoms with E-state index < -0.39 is 0 Å². The Bertz CT molecular complexity index is 397. The lowest BCUT2D eigenvalue weighted by Gasteiger charge is -2.15. The molecule has 1 aromatic heterocycles. The summed E-state index contributed by atoms with van der Waals surface area (Å²) in [7, 11) is 0. The third kappa shape index (κ3) is 3.37. The maximum absolute atomic E-state index is 4.44. The van der Waals surface area contributed by atoms with Gasteiger partial charge in [0.2, 0.25) is 0 Å². The van der Waals surface area contributed by atoms with Crippen LogP contribution in [0.5, 0.6) is 0 Å². The van der Waals surface area contributed by atoms with E-state index in [-0.39, 0.29) is 0 Å². The minimum atomic E-state index is 0.843. The third-order valence-corrected chi connectivity index (χ3v) is 4.36. The van der Waals surface area contributed by atoms with Crippen molar-refractivity contribution in [1.29, 1.82) is 0 Å². The Balaban J connectivity index is 1.39. The fourth-order valence-corrected chi connectivity index (χ4v) is 3.14. The molecule has 106 valence electrons. The highest BCUT2D eigenvalue weighted by molar-refractivity contribution is 4.93. The number of imidazole rings is 1. The minimum absolute atomic E-state index is 0.843. The summed E-state index contributed by atoms with van der Waals surface area (Å²) in [6.45, 7) is 7.97. The molecular formula is C15H26N4. The van der Waals surface area contributed by atoms with Crippen LogP contribution in [0.1, 0.15) is 38.4 Å². The number of nitrogens with zero attached hydrogens (tertiary/aromatic N) is 3. The first-order valence-electron chi connectivity index (χ1n) is 7.81. The Morgan fingerprint density at radius 1 is 1.37 bits per heavy atom. The van der Waals surface area contributed by atoms with E-state index in [1.54, 1.807) is 0 Å². The van der Waals surface area contributed by atoms with Crippen LogP contribution in [0.25, 0.3) is 0 Å². The summed E-state index contributed by atoms with van der Waals surface area (Å²) >= 11 is 0. The first kappa shape index (κ1) is 13.1. The van der Waals surface area contributed by atoms with Crippen LogP contribution in [-0.2, 0) is 13.1 Å². The van der Waals surface area contributed by atoms with Gasteiger partial charge in [-0.05, 0) is 44.7 Å². The van der Waals surface area contributed by atoms with E-state index in [0.717, 1.165) is 31.6 Å². The fraction of sp³-hybridized carbons (Fsp3) is 0.800. The van der Waals surface area contributed by atoms with E-state index in [4.69, 9.17) is 0 Å². The number of nitrogens with one attached hydrogen (secondary N) is 1. The molecule has 1 aromatic rings. The van der Waals surface area contributed by atoms with Crippen molar-refractivity contribution in [2.45, 2.75) is 51.7 Å². The first-order chi connectivity index (χ1) is 9.36. The molecule has 0 bridgehead atoms. The second kappa shape index (κ2) is 6.06. The molecule has 19 heavy (non-hydrogen) atoms. The number of aryl methyl sites for hydroxylation is 1. The summed E-state index contributed by atoms with van der Waals surface area (Å²) in [5.74, 6) is 2.02. The Morgan fingerprint density at radius 2 is 2.26 bits per heavy atom. The van der Waals surface area contributed by atoms with Crippen LogP contribution in [0.15, 0.2) is 12.4 Å². The first-order valence-corrected chi connectivity index (χ1v) is 7.81. The van der Waals surface area contributed by atoms with Gasteiger partial charge in [0, 0.05) is 31.5 Å². The van der Waals surface area contributed by atoms with Crippen molar-refractivity contribution in [2.75, 3.05) is 19.6 Å². The molecule has 0 amide bonds. The van der Waals surface area contributed by atoms with Crippen LogP contribution in [0.4, 0.5) is 0 Å². The lowest BCUT2D eigenvalue weighted by atomic mass is 10.1. The van der Waals surface area contributed by atoms with Gasteiger partial charge in [-0.15, -0.1) is 0 Å². The predicted octanol–water partition coefficient (Wildman–Crippen LogP) is 1.87. The molecule has 1 atom stereocenters. The standard InChI is InChI=1S/C15H26N4/c1-2-7-18-9-6-17-15(18)11-16-10-13-5-8-19(12-13)14-3-4-14/h6,9,13-14,16H,2-5,7-8,10-12H2,1H3. The monoisotopic (exact) mass is 262 g/mol. The van der Waals surface area contributed by atoms with Crippen molar-refractivity contribution in [2.24, 2.45) is 5.92 Å². The molecule has 1 aliphatic heterocycles. The molecule has 1 saturated heterocycles. The van der Waals surface area contributed by atoms with Crippen molar-refractivity contribution in [1.82, 2.24) is 19.8 Å². The van der Waals surface area contributed by atoms with E-state index in [1.165, 1.54) is 44.6 Å². The van der Waals surface area contributed by atoms with E-state index in [1.807, 2.05) is 6.20 Å². The minimum Gasteiger partial charge on any atom is -0.334 e. The van der Waals surface area contributed by atoms with Crippen molar-refractivity contribution in [3.05, 3.63) is 18.2 Å². The highest BCUT2D eigenvalue weighted by Crippen LogP contribution is 2.31. The van der Waals surface area contributed by atoms with Gasteiger partial charge in [-0.3, -0.25) is 0 Å². The molecule has 0 aromatic carbocycles. The quantitative estimate of drug-likeness (QED) is 0.814. The summed E-state index contributed by atoms with van der Waals surface area (Å²) < 4.78 is 2.26. The van der Waals surface area contributed by atoms with Gasteiger partial charge in [-0.1, -0.05) is 6.92 Å². The molecule has 1 aliphatic carbocycles. The van der Waals surface area contributed by atoms with E-state index in [0.29, 0.717) is 0 Å². The van der Waals surface area contributed by atoms with Crippen LogP contribution in [0, 0.1) is 5.92 Å². The molecule has 1 unspecified atom stereocenters. The second-order valence-corrected chi connectivity index (χ2v) is 6.05. The van der Waals surface area contributed by atoms with Crippen LogP contribution in [0.3, 0.4) is 0 Å². The van der Waals surface area contributed by atoms with Crippen molar-refractivity contribution in [3.8, 4) is 0 Å². The number of hydrogen-bond donors (Lipinski definition) is 1. The second-order valence-electron chi connectivity index (χ2n) is 6.05. The molecule has 2 heterocycles. The molecule has 0 spiro atoms. The molecule has 0 radical (unpaired) electrons. The van der Waals surface area contributed by atoms with Gasteiger partial charge in [0.05, 0.1) is 6.54 Å². The summed E-state index contributed by atoms with van der Waals surface area (Å²) in [4.78, 5) is 7.13. The molecule has 1 N–H and O–H groups in total. The summed E-state index contributed by atoms with van der Waals surface area (Å²) in [6, 6.07) is 0.938. The largest absolute Gasteiger partial charge is 0.334 e. The molecule has 1 saturated carbocycles. The topological polar surface area (TPSA) is 33.1 Å². The Labute approximate surface area is 116 Å². The fourth-order valence-electron chi connectivity index (χ4n) is 3.14. The molecular weight excluding hydrogens is 236 g/mol. The van der Waals surface area contributed by atoms with Gasteiger partial charge >= 0.3 is 0 Å². The van der Waals surface area contributed by atoms with Crippen molar-refractivity contribution >= 4 is 0 Å². The third-order valence-electron chi connectivity index (χ3n) is 4.36. The van der Waals surface area contributed by atoms with Gasteiger partial charge in [-0.2, -0.15) is 0 Å². The number of aromatic nitrogens is 2. The van der Waals surface area contributed by atoms with Gasteiger partial charge in [-0.25, -0.2) is 4.98 Å². The molecule has 4 heteroatoms. The van der Waals surface area contributed by atoms with Crippen LogP contribution in [-0.4, -0.2) is 40.1 Å². The average molecular weight is 262 g/mol. The molecule has 2 aliphatic rings. The summed E-state index contributed by atoms with van der Waals surface area (Å²) in [5, 5.41) is 3.60. The Hall–Kier alpha value is -0.870. The van der Waals surface area contributed by atoms with E-state index in [9.17, 15) is 0 Å². The SMILES string of the molecule is CCCn1ccnc1CNCC1CCN(C2CC2)C1. The maximum atomic E-state index is 4.44. The summed E-state index contributed by atoms with van der Waals surface area (Å²) in [5.41, 5.74) is 0. The average Bonchev–Trinajstić information content (AvgIpc) is 3.00. The lowest BCUT2D eigenvalue weighted by Crippen LogP contribution is -2.28. The van der Waals surface area contributed by atoms with Crippen LogP contribution < -0.4 is 5.32 Å². The van der Waals surface area contributed by atoms with E-state index >= 15 is 0 Å². The van der Waals surface area contributed by atoms with Crippen molar-refractivity contribution < 1.29 is 0 Å². The number of hydrogen-bond acceptors (Lipinski definition) is 3. The zero-order valence-corrected chi connectivity index (χ0v) is 12.0. The van der Waals surface area contributed by atoms with Crippen molar-refractivity contribution in [3.63, 3.8) is 0 Å². The summed E-state index contributed by atoms with van der Waals surface area (Å²) in [6.07, 6.45) is 9.42. The maximum Gasteiger partial charge on any atom is 0.122 e. The van der Waals surface area contributed by atoms with Crippen LogP contribution in [0.2, 0.25) is 0 Å². The van der Waals surface area contributed by atoms with Crippen LogP contribution >= 0.6 is 0 Å². The van der Waals surface area contributed by atoms with Gasteiger partial charge in [0.15, 0.2) is 0 Å². The predicted molar refractivity (Wildman–Crippen MR) is 76.9 cm³/mol. The van der Waals surface area contributed by atoms with Gasteiger partial charge < -0.3 is 14.8 Å². The number of rotatable bonds is 7. The molecule has 4 nitrogen and oxygen atoms in total. The highest BCUT2D eigenvalue weighted by atomic mass is 15.2. The lowest BCUT2D eigenvalue weighted by molar-refractivity contribution is 0.311. The van der Waals surface area contributed by atoms with Gasteiger partial charge in [0.25, 0.3) is 0 Å². The normalized spacial score (nSPS) is 24.2.